The minimum absolute atomic E-state index is 0.210. The first-order chi connectivity index (χ1) is 9.88. The van der Waals surface area contributed by atoms with Gasteiger partial charge < -0.3 is 16.0 Å². The predicted molar refractivity (Wildman–Crippen MR) is 89.8 cm³/mol. The molecule has 0 atom stereocenters. The van der Waals surface area contributed by atoms with E-state index in [1.54, 1.807) is 18.2 Å². The van der Waals surface area contributed by atoms with Crippen LogP contribution >= 0.6 is 15.9 Å². The normalized spacial score (nSPS) is 10.3. The number of nitrogens with zero attached hydrogens (tertiary/aromatic N) is 2. The third-order valence-corrected chi connectivity index (χ3v) is 3.49. The fourth-order valence-electron chi connectivity index (χ4n) is 1.98. The molecule has 3 N–H and O–H groups in total. The summed E-state index contributed by atoms with van der Waals surface area (Å²) in [6.45, 7) is 1.84. The van der Waals surface area contributed by atoms with E-state index >= 15 is 0 Å². The number of carbonyl (C=O) groups excluding carboxylic acids is 1. The van der Waals surface area contributed by atoms with E-state index in [4.69, 9.17) is 5.73 Å². The smallest absolute Gasteiger partial charge is 0.257 e. The van der Waals surface area contributed by atoms with E-state index in [-0.39, 0.29) is 5.91 Å². The lowest BCUT2D eigenvalue weighted by Crippen LogP contribution is -2.19. The Labute approximate surface area is 132 Å². The number of anilines is 3. The number of rotatable bonds is 3. The highest BCUT2D eigenvalue weighted by Gasteiger charge is 2.14. The van der Waals surface area contributed by atoms with Crippen molar-refractivity contribution in [1.29, 1.82) is 0 Å². The number of halogens is 1. The molecule has 1 aromatic heterocycles. The van der Waals surface area contributed by atoms with Crippen LogP contribution in [0.1, 0.15) is 16.1 Å². The molecule has 1 amide bonds. The maximum absolute atomic E-state index is 12.5. The lowest BCUT2D eigenvalue weighted by atomic mass is 10.1. The van der Waals surface area contributed by atoms with Crippen molar-refractivity contribution < 1.29 is 4.79 Å². The van der Waals surface area contributed by atoms with E-state index in [9.17, 15) is 4.79 Å². The van der Waals surface area contributed by atoms with Gasteiger partial charge in [-0.1, -0.05) is 0 Å². The van der Waals surface area contributed by atoms with Crippen molar-refractivity contribution in [3.8, 4) is 0 Å². The molecule has 0 aliphatic carbocycles. The molecule has 110 valence electrons. The van der Waals surface area contributed by atoms with Crippen LogP contribution in [0, 0.1) is 6.92 Å². The molecule has 21 heavy (non-hydrogen) atoms. The molecule has 0 saturated carbocycles. The van der Waals surface area contributed by atoms with Gasteiger partial charge in [0, 0.05) is 25.5 Å². The molecule has 0 saturated heterocycles. The number of amides is 1. The molecule has 0 unspecified atom stereocenters. The third-order valence-electron chi connectivity index (χ3n) is 3.05. The highest BCUT2D eigenvalue weighted by molar-refractivity contribution is 9.10. The molecule has 0 radical (unpaired) electrons. The number of aromatic nitrogens is 1. The van der Waals surface area contributed by atoms with Gasteiger partial charge in [-0.05, 0) is 53.2 Å². The van der Waals surface area contributed by atoms with Crippen LogP contribution in [-0.2, 0) is 0 Å². The van der Waals surface area contributed by atoms with Gasteiger partial charge in [0.25, 0.3) is 5.91 Å². The Morgan fingerprint density at radius 1 is 1.29 bits per heavy atom. The Morgan fingerprint density at radius 3 is 2.62 bits per heavy atom. The molecule has 5 nitrogen and oxygen atoms in total. The second-order valence-electron chi connectivity index (χ2n) is 4.89. The van der Waals surface area contributed by atoms with Gasteiger partial charge in [-0.15, -0.1) is 0 Å². The molecule has 1 heterocycles. The highest BCUT2D eigenvalue weighted by atomic mass is 79.9. The van der Waals surface area contributed by atoms with E-state index in [1.165, 1.54) is 0 Å². The fraction of sp³-hybridized carbons (Fsp3) is 0.200. The summed E-state index contributed by atoms with van der Waals surface area (Å²) in [4.78, 5) is 18.6. The number of carbonyl (C=O) groups is 1. The van der Waals surface area contributed by atoms with Crippen LogP contribution in [0.5, 0.6) is 0 Å². The molecule has 0 aliphatic heterocycles. The van der Waals surface area contributed by atoms with Crippen molar-refractivity contribution in [3.05, 3.63) is 46.2 Å². The predicted octanol–water partition coefficient (Wildman–Crippen LogP) is 3.05. The summed E-state index contributed by atoms with van der Waals surface area (Å²) < 4.78 is 0.732. The van der Waals surface area contributed by atoms with Gasteiger partial charge in [0.15, 0.2) is 0 Å². The standard InChI is InChI=1S/C15H17BrN4O/c1-9-12(5-7-14(16)18-9)19-15(21)11-8-10(17)4-6-13(11)20(2)3/h4-8H,17H2,1-3H3,(H,19,21). The SMILES string of the molecule is Cc1nc(Br)ccc1NC(=O)c1cc(N)ccc1N(C)C. The van der Waals surface area contributed by atoms with Gasteiger partial charge in [0.05, 0.1) is 16.9 Å². The number of nitrogens with two attached hydrogens (primary N) is 1. The number of hydrogen-bond acceptors (Lipinski definition) is 4. The van der Waals surface area contributed by atoms with Crippen LogP contribution in [0.15, 0.2) is 34.9 Å². The Hall–Kier alpha value is -2.08. The van der Waals surface area contributed by atoms with Crippen molar-refractivity contribution in [1.82, 2.24) is 4.98 Å². The number of aryl methyl sites for hydroxylation is 1. The summed E-state index contributed by atoms with van der Waals surface area (Å²) in [6.07, 6.45) is 0. The Balaban J connectivity index is 2.34. The lowest BCUT2D eigenvalue weighted by Gasteiger charge is -2.18. The van der Waals surface area contributed by atoms with Gasteiger partial charge in [-0.25, -0.2) is 4.98 Å². The van der Waals surface area contributed by atoms with Crippen LogP contribution in [0.4, 0.5) is 17.1 Å². The topological polar surface area (TPSA) is 71.2 Å². The number of nitrogen functional groups attached to an aromatic ring is 1. The molecule has 2 aromatic rings. The second kappa shape index (κ2) is 6.13. The van der Waals surface area contributed by atoms with Crippen LogP contribution in [0.2, 0.25) is 0 Å². The minimum Gasteiger partial charge on any atom is -0.399 e. The minimum atomic E-state index is -0.210. The first kappa shape index (κ1) is 15.3. The Bertz CT molecular complexity index is 685. The van der Waals surface area contributed by atoms with Crippen molar-refractivity contribution >= 4 is 38.9 Å². The summed E-state index contributed by atoms with van der Waals surface area (Å²) in [7, 11) is 3.77. The van der Waals surface area contributed by atoms with Crippen molar-refractivity contribution in [3.63, 3.8) is 0 Å². The maximum Gasteiger partial charge on any atom is 0.257 e. The lowest BCUT2D eigenvalue weighted by molar-refractivity contribution is 0.102. The molecule has 1 aromatic carbocycles. The van der Waals surface area contributed by atoms with Gasteiger partial charge in [-0.2, -0.15) is 0 Å². The number of nitrogens with one attached hydrogen (secondary N) is 1. The molecule has 0 fully saturated rings. The van der Waals surface area contributed by atoms with E-state index < -0.39 is 0 Å². The maximum atomic E-state index is 12.5. The van der Waals surface area contributed by atoms with Crippen molar-refractivity contribution in [2.45, 2.75) is 6.92 Å². The van der Waals surface area contributed by atoms with Gasteiger partial charge >= 0.3 is 0 Å². The zero-order valence-corrected chi connectivity index (χ0v) is 13.7. The summed E-state index contributed by atoms with van der Waals surface area (Å²) in [5.74, 6) is -0.210. The molecule has 0 bridgehead atoms. The van der Waals surface area contributed by atoms with Crippen LogP contribution in [0.3, 0.4) is 0 Å². The fourth-order valence-corrected chi connectivity index (χ4v) is 2.38. The zero-order valence-electron chi connectivity index (χ0n) is 12.1. The molecular formula is C15H17BrN4O. The molecule has 2 rings (SSSR count). The van der Waals surface area contributed by atoms with E-state index in [1.807, 2.05) is 38.1 Å². The number of hydrogen-bond donors (Lipinski definition) is 2. The van der Waals surface area contributed by atoms with E-state index in [0.717, 1.165) is 16.0 Å². The summed E-state index contributed by atoms with van der Waals surface area (Å²) >= 11 is 3.30. The average Bonchev–Trinajstić information content (AvgIpc) is 2.41. The average molecular weight is 349 g/mol. The van der Waals surface area contributed by atoms with Gasteiger partial charge in [0.1, 0.15) is 4.60 Å². The first-order valence-electron chi connectivity index (χ1n) is 6.40. The second-order valence-corrected chi connectivity index (χ2v) is 5.70. The largest absolute Gasteiger partial charge is 0.399 e. The van der Waals surface area contributed by atoms with Gasteiger partial charge in [0.2, 0.25) is 0 Å². The Morgan fingerprint density at radius 2 is 2.00 bits per heavy atom. The van der Waals surface area contributed by atoms with Gasteiger partial charge in [-0.3, -0.25) is 4.79 Å². The highest BCUT2D eigenvalue weighted by Crippen LogP contribution is 2.24. The van der Waals surface area contributed by atoms with E-state index in [0.29, 0.717) is 16.9 Å². The molecule has 6 heteroatoms. The summed E-state index contributed by atoms with van der Waals surface area (Å²) in [5.41, 5.74) is 9.10. The molecule has 0 aliphatic rings. The Kier molecular flexibility index (Phi) is 4.47. The molecule has 0 spiro atoms. The third kappa shape index (κ3) is 3.52. The first-order valence-corrected chi connectivity index (χ1v) is 7.19. The van der Waals surface area contributed by atoms with Crippen LogP contribution < -0.4 is 16.0 Å². The number of pyridine rings is 1. The number of benzene rings is 1. The van der Waals surface area contributed by atoms with Crippen molar-refractivity contribution in [2.24, 2.45) is 0 Å². The van der Waals surface area contributed by atoms with E-state index in [2.05, 4.69) is 26.2 Å². The van der Waals surface area contributed by atoms with Crippen molar-refractivity contribution in [2.75, 3.05) is 30.0 Å². The summed E-state index contributed by atoms with van der Waals surface area (Å²) in [6, 6.07) is 8.88. The zero-order chi connectivity index (χ0) is 15.6. The quantitative estimate of drug-likeness (QED) is 0.660. The van der Waals surface area contributed by atoms with Crippen LogP contribution in [0.25, 0.3) is 0 Å². The summed E-state index contributed by atoms with van der Waals surface area (Å²) in [5, 5.41) is 2.87. The molecular weight excluding hydrogens is 332 g/mol. The monoisotopic (exact) mass is 348 g/mol. The van der Waals surface area contributed by atoms with Crippen LogP contribution in [-0.4, -0.2) is 25.0 Å².